The van der Waals surface area contributed by atoms with E-state index in [1.807, 2.05) is 48.6 Å². The smallest absolute Gasteiger partial charge is 0.227 e. The van der Waals surface area contributed by atoms with E-state index in [0.29, 0.717) is 6.54 Å². The Morgan fingerprint density at radius 2 is 1.79 bits per heavy atom. The van der Waals surface area contributed by atoms with Gasteiger partial charge in [0.15, 0.2) is 0 Å². The van der Waals surface area contributed by atoms with Crippen molar-refractivity contribution in [1.29, 1.82) is 0 Å². The average Bonchev–Trinajstić information content (AvgIpc) is 3.25. The van der Waals surface area contributed by atoms with Crippen LogP contribution in [-0.2, 0) is 11.2 Å². The molecule has 2 atom stereocenters. The van der Waals surface area contributed by atoms with Crippen molar-refractivity contribution in [2.45, 2.75) is 12.3 Å². The molecule has 0 saturated carbocycles. The zero-order chi connectivity index (χ0) is 20.1. The molecule has 1 aliphatic carbocycles. The molecule has 2 unspecified atom stereocenters. The Morgan fingerprint density at radius 3 is 2.59 bits per heavy atom. The molecule has 0 aliphatic heterocycles. The summed E-state index contributed by atoms with van der Waals surface area (Å²) in [5.41, 5.74) is 3.63. The van der Waals surface area contributed by atoms with Crippen molar-refractivity contribution in [3.8, 4) is 11.3 Å². The zero-order valence-corrected chi connectivity index (χ0v) is 15.9. The molecule has 1 aromatic heterocycles. The van der Waals surface area contributed by atoms with Gasteiger partial charge in [0, 0.05) is 12.5 Å². The van der Waals surface area contributed by atoms with E-state index in [0.717, 1.165) is 23.4 Å². The highest BCUT2D eigenvalue weighted by atomic mass is 19.1. The zero-order valence-electron chi connectivity index (χ0n) is 15.9. The Kier molecular flexibility index (Phi) is 5.66. The fourth-order valence-corrected chi connectivity index (χ4v) is 3.52. The minimum absolute atomic E-state index is 0.0159. The Bertz CT molecular complexity index is 1020. The molecule has 1 heterocycles. The van der Waals surface area contributed by atoms with Crippen molar-refractivity contribution in [2.75, 3.05) is 6.54 Å². The Hall–Kier alpha value is -3.47. The monoisotopic (exact) mass is 387 g/mol. The van der Waals surface area contributed by atoms with Gasteiger partial charge in [0.05, 0.1) is 17.3 Å². The number of hydrogen-bond acceptors (Lipinski definition) is 2. The number of hydrogen-bond donors (Lipinski definition) is 2. The van der Waals surface area contributed by atoms with Crippen LogP contribution >= 0.6 is 0 Å². The SMILES string of the molecule is O=C(NCCc1ccccc1)C1C=CC=CC1c1cc(-c2ccc(F)cc2)[nH]n1. The van der Waals surface area contributed by atoms with Gasteiger partial charge < -0.3 is 5.32 Å². The van der Waals surface area contributed by atoms with Crippen LogP contribution in [0, 0.1) is 11.7 Å². The van der Waals surface area contributed by atoms with Gasteiger partial charge in [-0.3, -0.25) is 9.89 Å². The second kappa shape index (κ2) is 8.69. The first kappa shape index (κ1) is 18.9. The lowest BCUT2D eigenvalue weighted by Gasteiger charge is -2.22. The number of carbonyl (C=O) groups excluding carboxylic acids is 1. The summed E-state index contributed by atoms with van der Waals surface area (Å²) in [7, 11) is 0. The van der Waals surface area contributed by atoms with Crippen LogP contribution < -0.4 is 5.32 Å². The van der Waals surface area contributed by atoms with Crippen molar-refractivity contribution < 1.29 is 9.18 Å². The number of benzene rings is 2. The summed E-state index contributed by atoms with van der Waals surface area (Å²) in [4.78, 5) is 12.8. The summed E-state index contributed by atoms with van der Waals surface area (Å²) < 4.78 is 13.2. The number of carbonyl (C=O) groups is 1. The number of nitrogens with one attached hydrogen (secondary N) is 2. The van der Waals surface area contributed by atoms with Gasteiger partial charge in [-0.15, -0.1) is 0 Å². The molecule has 0 spiro atoms. The van der Waals surface area contributed by atoms with Crippen molar-refractivity contribution in [2.24, 2.45) is 5.92 Å². The summed E-state index contributed by atoms with van der Waals surface area (Å²) in [6, 6.07) is 18.3. The summed E-state index contributed by atoms with van der Waals surface area (Å²) in [6.07, 6.45) is 8.53. The lowest BCUT2D eigenvalue weighted by atomic mass is 9.85. The third-order valence-corrected chi connectivity index (χ3v) is 5.09. The van der Waals surface area contributed by atoms with Gasteiger partial charge in [0.1, 0.15) is 5.82 Å². The molecule has 0 saturated heterocycles. The van der Waals surface area contributed by atoms with Gasteiger partial charge >= 0.3 is 0 Å². The number of aromatic amines is 1. The molecule has 29 heavy (non-hydrogen) atoms. The second-order valence-electron chi connectivity index (χ2n) is 7.06. The maximum absolute atomic E-state index is 13.2. The van der Waals surface area contributed by atoms with E-state index < -0.39 is 0 Å². The molecule has 1 aliphatic rings. The second-order valence-corrected chi connectivity index (χ2v) is 7.06. The third-order valence-electron chi connectivity index (χ3n) is 5.09. The molecule has 0 radical (unpaired) electrons. The Morgan fingerprint density at radius 1 is 1.03 bits per heavy atom. The molecule has 5 heteroatoms. The lowest BCUT2D eigenvalue weighted by Crippen LogP contribution is -2.34. The molecule has 3 aromatic rings. The predicted molar refractivity (Wildman–Crippen MR) is 112 cm³/mol. The van der Waals surface area contributed by atoms with Crippen molar-refractivity contribution in [3.63, 3.8) is 0 Å². The molecule has 2 N–H and O–H groups in total. The molecule has 146 valence electrons. The number of allylic oxidation sites excluding steroid dienone is 3. The molecule has 4 rings (SSSR count). The van der Waals surface area contributed by atoms with E-state index >= 15 is 0 Å². The van der Waals surface area contributed by atoms with Crippen LogP contribution in [0.2, 0.25) is 0 Å². The molecule has 1 amide bonds. The normalized spacial score (nSPS) is 18.0. The summed E-state index contributed by atoms with van der Waals surface area (Å²) in [6.45, 7) is 0.588. The van der Waals surface area contributed by atoms with Crippen LogP contribution in [0.15, 0.2) is 85.0 Å². The van der Waals surface area contributed by atoms with Crippen LogP contribution in [0.3, 0.4) is 0 Å². The minimum Gasteiger partial charge on any atom is -0.355 e. The molecule has 4 nitrogen and oxygen atoms in total. The largest absolute Gasteiger partial charge is 0.355 e. The van der Waals surface area contributed by atoms with E-state index in [4.69, 9.17) is 0 Å². The van der Waals surface area contributed by atoms with E-state index in [2.05, 4.69) is 27.6 Å². The fourth-order valence-electron chi connectivity index (χ4n) is 3.52. The maximum Gasteiger partial charge on any atom is 0.227 e. The van der Waals surface area contributed by atoms with E-state index in [1.165, 1.54) is 17.7 Å². The highest BCUT2D eigenvalue weighted by molar-refractivity contribution is 5.82. The van der Waals surface area contributed by atoms with Gasteiger partial charge in [-0.05, 0) is 47.9 Å². The van der Waals surface area contributed by atoms with Crippen LogP contribution in [0.1, 0.15) is 17.2 Å². The van der Waals surface area contributed by atoms with E-state index in [1.54, 1.807) is 12.1 Å². The third kappa shape index (κ3) is 4.51. The van der Waals surface area contributed by atoms with E-state index in [-0.39, 0.29) is 23.6 Å². The summed E-state index contributed by atoms with van der Waals surface area (Å²) >= 11 is 0. The molecule has 0 bridgehead atoms. The number of H-pyrrole nitrogens is 1. The van der Waals surface area contributed by atoms with Crippen molar-refractivity contribution in [3.05, 3.63) is 102 Å². The van der Waals surface area contributed by atoms with Gasteiger partial charge in [-0.2, -0.15) is 5.10 Å². The highest BCUT2D eigenvalue weighted by Crippen LogP contribution is 2.31. The summed E-state index contributed by atoms with van der Waals surface area (Å²) in [5, 5.41) is 10.5. The lowest BCUT2D eigenvalue weighted by molar-refractivity contribution is -0.123. The standard InChI is InChI=1S/C24H22FN3O/c25-19-12-10-18(11-13-19)22-16-23(28-27-22)20-8-4-5-9-21(20)24(29)26-15-14-17-6-2-1-3-7-17/h1-13,16,20-21H,14-15H2,(H,26,29)(H,27,28). The first-order valence-electron chi connectivity index (χ1n) is 9.68. The number of rotatable bonds is 6. The van der Waals surface area contributed by atoms with Gasteiger partial charge in [-0.25, -0.2) is 4.39 Å². The van der Waals surface area contributed by atoms with Crippen LogP contribution in [-0.4, -0.2) is 22.6 Å². The summed E-state index contributed by atoms with van der Waals surface area (Å²) in [5.74, 6) is -0.763. The van der Waals surface area contributed by atoms with Crippen molar-refractivity contribution in [1.82, 2.24) is 15.5 Å². The molecular weight excluding hydrogens is 365 g/mol. The highest BCUT2D eigenvalue weighted by Gasteiger charge is 2.28. The van der Waals surface area contributed by atoms with Gasteiger partial charge in [0.2, 0.25) is 5.91 Å². The first-order valence-corrected chi connectivity index (χ1v) is 9.68. The van der Waals surface area contributed by atoms with Gasteiger partial charge in [0.25, 0.3) is 0 Å². The Balaban J connectivity index is 1.44. The minimum atomic E-state index is -0.319. The van der Waals surface area contributed by atoms with Crippen LogP contribution in [0.25, 0.3) is 11.3 Å². The number of aromatic nitrogens is 2. The molecule has 0 fully saturated rings. The molecular formula is C24H22FN3O. The quantitative estimate of drug-likeness (QED) is 0.659. The van der Waals surface area contributed by atoms with E-state index in [9.17, 15) is 9.18 Å². The Labute approximate surface area is 169 Å². The number of nitrogens with zero attached hydrogens (tertiary/aromatic N) is 1. The topological polar surface area (TPSA) is 57.8 Å². The van der Waals surface area contributed by atoms with Crippen LogP contribution in [0.4, 0.5) is 4.39 Å². The number of amides is 1. The molecule has 2 aromatic carbocycles. The average molecular weight is 387 g/mol. The maximum atomic E-state index is 13.2. The van der Waals surface area contributed by atoms with Gasteiger partial charge in [-0.1, -0.05) is 54.6 Å². The first-order chi connectivity index (χ1) is 14.2. The fraction of sp³-hybridized carbons (Fsp3) is 0.167. The van der Waals surface area contributed by atoms with Crippen LogP contribution in [0.5, 0.6) is 0 Å². The van der Waals surface area contributed by atoms with Crippen molar-refractivity contribution >= 4 is 5.91 Å². The predicted octanol–water partition coefficient (Wildman–Crippen LogP) is 4.40. The number of halogens is 1.